The van der Waals surface area contributed by atoms with Gasteiger partial charge in [0.05, 0.1) is 24.7 Å². The molecule has 226 valence electrons. The van der Waals surface area contributed by atoms with E-state index in [2.05, 4.69) is 13.8 Å². The molecule has 7 nitrogen and oxygen atoms in total. The molecule has 40 heavy (non-hydrogen) atoms. The monoisotopic (exact) mass is 571 g/mol. The second-order valence-corrected chi connectivity index (χ2v) is 14.3. The number of hydrogen-bond donors (Lipinski definition) is 3. The van der Waals surface area contributed by atoms with Gasteiger partial charge >= 0.3 is 6.18 Å². The lowest BCUT2D eigenvalue weighted by atomic mass is 9.58. The highest BCUT2D eigenvalue weighted by atomic mass is 19.4. The lowest BCUT2D eigenvalue weighted by Gasteiger charge is -2.55. The molecule has 10 heteroatoms. The van der Waals surface area contributed by atoms with Crippen LogP contribution in [-0.4, -0.2) is 88.1 Å². The van der Waals surface area contributed by atoms with Crippen LogP contribution >= 0.6 is 0 Å². The van der Waals surface area contributed by atoms with Crippen molar-refractivity contribution in [3.63, 3.8) is 0 Å². The lowest BCUT2D eigenvalue weighted by molar-refractivity contribution is -0.322. The zero-order valence-electron chi connectivity index (χ0n) is 24.2. The zero-order chi connectivity index (χ0) is 29.2. The van der Waals surface area contributed by atoms with Crippen LogP contribution in [0.2, 0.25) is 0 Å². The number of fused-ring (bicyclic) bond motifs is 5. The minimum Gasteiger partial charge on any atom is -0.392 e. The quantitative estimate of drug-likeness (QED) is 0.443. The van der Waals surface area contributed by atoms with E-state index in [1.165, 1.54) is 0 Å². The van der Waals surface area contributed by atoms with E-state index in [1.54, 1.807) is 20.8 Å². The Morgan fingerprint density at radius 2 is 1.93 bits per heavy atom. The second-order valence-electron chi connectivity index (χ2n) is 14.3. The standard InChI is InChI=1S/C30H44F3NO6/c1-15-12-28-16(2)10-19-22(26(19,3)4)18(23(28)36)11-17-14-38-27(5,6)40-25(17)29(28,37)24(15)39-21(13-35)34-9-7-8-20(34)30(31,32)33/h11-12,16,18-25,35-37H,7-10,13-14H2,1-6H3/t16-,18+,19-,20?,21?,22+,23?,24+,25-,28?,29-/m1/s1. The summed E-state index contributed by atoms with van der Waals surface area (Å²) in [5.41, 5.74) is -1.66. The maximum atomic E-state index is 13.9. The van der Waals surface area contributed by atoms with Gasteiger partial charge in [-0.1, -0.05) is 32.9 Å². The molecule has 2 bridgehead atoms. The third-order valence-corrected chi connectivity index (χ3v) is 11.4. The van der Waals surface area contributed by atoms with Gasteiger partial charge in [0.25, 0.3) is 0 Å². The fraction of sp³-hybridized carbons (Fsp3) is 0.867. The molecular formula is C30H44F3NO6. The Morgan fingerprint density at radius 3 is 2.58 bits per heavy atom. The van der Waals surface area contributed by atoms with Crippen LogP contribution in [-0.2, 0) is 14.2 Å². The molecule has 4 fully saturated rings. The van der Waals surface area contributed by atoms with Crippen molar-refractivity contribution in [3.8, 4) is 0 Å². The smallest absolute Gasteiger partial charge is 0.392 e. The van der Waals surface area contributed by atoms with Gasteiger partial charge in [-0.2, -0.15) is 13.2 Å². The summed E-state index contributed by atoms with van der Waals surface area (Å²) in [6.07, 6.45) is -3.76. The van der Waals surface area contributed by atoms with Gasteiger partial charge in [-0.15, -0.1) is 0 Å². The van der Waals surface area contributed by atoms with Crippen molar-refractivity contribution < 1.29 is 42.7 Å². The maximum absolute atomic E-state index is 13.9. The Hall–Kier alpha value is -1.01. The number of aliphatic hydroxyl groups is 3. The van der Waals surface area contributed by atoms with E-state index in [1.807, 2.05) is 19.1 Å². The fourth-order valence-electron chi connectivity index (χ4n) is 9.51. The van der Waals surface area contributed by atoms with E-state index >= 15 is 0 Å². The minimum atomic E-state index is -4.47. The highest BCUT2D eigenvalue weighted by Crippen LogP contribution is 2.73. The zero-order valence-corrected chi connectivity index (χ0v) is 24.2. The first-order valence-electron chi connectivity index (χ1n) is 14.7. The summed E-state index contributed by atoms with van der Waals surface area (Å²) in [5.74, 6) is -0.909. The first-order valence-corrected chi connectivity index (χ1v) is 14.7. The van der Waals surface area contributed by atoms with E-state index in [0.29, 0.717) is 17.9 Å². The summed E-state index contributed by atoms with van der Waals surface area (Å²) < 4.78 is 60.6. The van der Waals surface area contributed by atoms with E-state index < -0.39 is 60.2 Å². The highest BCUT2D eigenvalue weighted by Gasteiger charge is 2.77. The van der Waals surface area contributed by atoms with Gasteiger partial charge in [-0.3, -0.25) is 4.90 Å². The molecule has 0 radical (unpaired) electrons. The number of alkyl halides is 3. The molecule has 4 unspecified atom stereocenters. The lowest BCUT2D eigenvalue weighted by Crippen LogP contribution is -2.69. The van der Waals surface area contributed by atoms with Crippen LogP contribution in [0.15, 0.2) is 23.3 Å². The summed E-state index contributed by atoms with van der Waals surface area (Å²) in [6.45, 7) is 11.5. The van der Waals surface area contributed by atoms with Crippen LogP contribution in [0.4, 0.5) is 13.2 Å². The Balaban J connectivity index is 1.47. The number of hydrogen-bond acceptors (Lipinski definition) is 7. The number of ether oxygens (including phenoxy) is 3. The highest BCUT2D eigenvalue weighted by molar-refractivity contribution is 5.44. The van der Waals surface area contributed by atoms with Crippen LogP contribution in [0.5, 0.6) is 0 Å². The Bertz CT molecular complexity index is 1110. The van der Waals surface area contributed by atoms with Crippen LogP contribution in [0.3, 0.4) is 0 Å². The SMILES string of the molecule is CC1=CC23C(O)[C@@H](C=C4COC(C)(C)O[C@H]4[C@]2(O)[C@H]1OC(CO)N1CCCC1C(F)(F)F)[C@H]1[C@@H](C[C@H]3C)C1(C)C. The summed E-state index contributed by atoms with van der Waals surface area (Å²) in [6, 6.07) is -1.73. The van der Waals surface area contributed by atoms with Crippen LogP contribution < -0.4 is 0 Å². The van der Waals surface area contributed by atoms with Gasteiger partial charge in [0, 0.05) is 12.5 Å². The molecule has 3 N–H and O–H groups in total. The van der Waals surface area contributed by atoms with Crippen molar-refractivity contribution in [1.82, 2.24) is 4.90 Å². The third-order valence-electron chi connectivity index (χ3n) is 11.4. The second kappa shape index (κ2) is 9.00. The molecule has 0 aromatic rings. The summed E-state index contributed by atoms with van der Waals surface area (Å²) in [5, 5.41) is 35.9. The molecule has 4 aliphatic carbocycles. The van der Waals surface area contributed by atoms with E-state index in [4.69, 9.17) is 14.2 Å². The molecule has 0 aromatic heterocycles. The van der Waals surface area contributed by atoms with Gasteiger partial charge in [-0.25, -0.2) is 0 Å². The van der Waals surface area contributed by atoms with Gasteiger partial charge in [-0.05, 0) is 74.3 Å². The first-order chi connectivity index (χ1) is 18.5. The molecule has 0 aromatic carbocycles. The average Bonchev–Trinajstić information content (AvgIpc) is 3.16. The van der Waals surface area contributed by atoms with E-state index in [0.717, 1.165) is 16.9 Å². The molecule has 2 saturated carbocycles. The first kappa shape index (κ1) is 29.1. The van der Waals surface area contributed by atoms with Crippen molar-refractivity contribution in [3.05, 3.63) is 23.3 Å². The maximum Gasteiger partial charge on any atom is 0.404 e. The topological polar surface area (TPSA) is 91.6 Å². The van der Waals surface area contributed by atoms with Crippen LogP contribution in [0.25, 0.3) is 0 Å². The minimum absolute atomic E-state index is 0.0315. The van der Waals surface area contributed by atoms with Crippen molar-refractivity contribution >= 4 is 0 Å². The molecule has 2 heterocycles. The normalized spacial score (nSPS) is 48.2. The molecule has 6 rings (SSSR count). The van der Waals surface area contributed by atoms with Crippen LogP contribution in [0.1, 0.15) is 60.8 Å². The Morgan fingerprint density at radius 1 is 1.23 bits per heavy atom. The molecule has 6 aliphatic rings. The number of halogens is 3. The molecule has 11 atom stereocenters. The number of aliphatic hydroxyl groups excluding tert-OH is 2. The van der Waals surface area contributed by atoms with Crippen LogP contribution in [0, 0.1) is 34.5 Å². The van der Waals surface area contributed by atoms with Gasteiger partial charge in [0.1, 0.15) is 30.1 Å². The summed E-state index contributed by atoms with van der Waals surface area (Å²) >= 11 is 0. The third kappa shape index (κ3) is 3.82. The number of rotatable bonds is 4. The van der Waals surface area contributed by atoms with Crippen molar-refractivity contribution in [2.45, 2.75) is 109 Å². The molecule has 2 aliphatic heterocycles. The van der Waals surface area contributed by atoms with Gasteiger partial charge < -0.3 is 29.5 Å². The fourth-order valence-corrected chi connectivity index (χ4v) is 9.51. The molecule has 1 spiro atoms. The predicted octanol–water partition coefficient (Wildman–Crippen LogP) is 3.77. The van der Waals surface area contributed by atoms with Crippen molar-refractivity contribution in [1.29, 1.82) is 0 Å². The average molecular weight is 572 g/mol. The van der Waals surface area contributed by atoms with E-state index in [9.17, 15) is 28.5 Å². The van der Waals surface area contributed by atoms with Crippen molar-refractivity contribution in [2.75, 3.05) is 19.8 Å². The largest absolute Gasteiger partial charge is 0.404 e. The van der Waals surface area contributed by atoms with Gasteiger partial charge in [0.2, 0.25) is 0 Å². The number of nitrogens with zero attached hydrogens (tertiary/aromatic N) is 1. The predicted molar refractivity (Wildman–Crippen MR) is 140 cm³/mol. The Kier molecular flexibility index (Phi) is 6.54. The summed E-state index contributed by atoms with van der Waals surface area (Å²) in [7, 11) is 0. The van der Waals surface area contributed by atoms with E-state index in [-0.39, 0.29) is 42.7 Å². The summed E-state index contributed by atoms with van der Waals surface area (Å²) in [4.78, 5) is 1.16. The molecule has 2 saturated heterocycles. The number of likely N-dealkylation sites (tertiary alicyclic amines) is 1. The molecular weight excluding hydrogens is 527 g/mol. The Labute approximate surface area is 234 Å². The van der Waals surface area contributed by atoms with Crippen molar-refractivity contribution in [2.24, 2.45) is 34.5 Å². The van der Waals surface area contributed by atoms with Gasteiger partial charge in [0.15, 0.2) is 5.79 Å². The molecule has 0 amide bonds.